The van der Waals surface area contributed by atoms with Crippen LogP contribution in [-0.2, 0) is 4.74 Å². The highest BCUT2D eigenvalue weighted by Crippen LogP contribution is 2.18. The van der Waals surface area contributed by atoms with Gasteiger partial charge in [0.2, 0.25) is 0 Å². The first kappa shape index (κ1) is 12.8. The van der Waals surface area contributed by atoms with Gasteiger partial charge in [-0.1, -0.05) is 0 Å². The molecule has 0 radical (unpaired) electrons. The van der Waals surface area contributed by atoms with Gasteiger partial charge in [0, 0.05) is 19.1 Å². The molecule has 1 fully saturated rings. The molecule has 0 unspecified atom stereocenters. The second-order valence-corrected chi connectivity index (χ2v) is 5.11. The van der Waals surface area contributed by atoms with Gasteiger partial charge in [0.1, 0.15) is 5.60 Å². The smallest absolute Gasteiger partial charge is 0.410 e. The van der Waals surface area contributed by atoms with Gasteiger partial charge in [0.25, 0.3) is 0 Å². The van der Waals surface area contributed by atoms with Gasteiger partial charge in [0.05, 0.1) is 12.0 Å². The summed E-state index contributed by atoms with van der Waals surface area (Å²) in [5, 5.41) is 8.81. The van der Waals surface area contributed by atoms with Crippen molar-refractivity contribution < 1.29 is 9.53 Å². The van der Waals surface area contributed by atoms with E-state index < -0.39 is 5.60 Å². The quantitative estimate of drug-likeness (QED) is 0.669. The van der Waals surface area contributed by atoms with Crippen LogP contribution < -0.4 is 5.73 Å². The Labute approximate surface area is 96.2 Å². The largest absolute Gasteiger partial charge is 0.444 e. The summed E-state index contributed by atoms with van der Waals surface area (Å²) in [5.74, 6) is -0.154. The summed E-state index contributed by atoms with van der Waals surface area (Å²) in [6.07, 6.45) is 0.274. The number of rotatable bonds is 0. The molecule has 0 spiro atoms. The molecule has 0 aromatic carbocycles. The first-order chi connectivity index (χ1) is 7.33. The molecule has 16 heavy (non-hydrogen) atoms. The van der Waals surface area contributed by atoms with Crippen molar-refractivity contribution in [2.24, 2.45) is 11.7 Å². The average Bonchev–Trinajstić information content (AvgIpc) is 2.15. The van der Waals surface area contributed by atoms with Gasteiger partial charge in [0.15, 0.2) is 0 Å². The Morgan fingerprint density at radius 3 is 2.62 bits per heavy atom. The SMILES string of the molecule is CC(C)(C)OC(=O)N1CC[C@H](C#N)[C@@H](N)C1. The number of amides is 1. The molecule has 1 heterocycles. The lowest BCUT2D eigenvalue weighted by Gasteiger charge is -2.34. The summed E-state index contributed by atoms with van der Waals surface area (Å²) in [6, 6.07) is 1.89. The Hall–Kier alpha value is -1.28. The molecular formula is C11H19N3O2. The number of hydrogen-bond acceptors (Lipinski definition) is 4. The van der Waals surface area contributed by atoms with Crippen LogP contribution in [0.3, 0.4) is 0 Å². The third-order valence-corrected chi connectivity index (χ3v) is 2.48. The number of piperidine rings is 1. The van der Waals surface area contributed by atoms with Gasteiger partial charge < -0.3 is 15.4 Å². The minimum atomic E-state index is -0.493. The molecule has 0 saturated carbocycles. The van der Waals surface area contributed by atoms with E-state index in [2.05, 4.69) is 6.07 Å². The molecule has 90 valence electrons. The average molecular weight is 225 g/mol. The maximum absolute atomic E-state index is 11.7. The van der Waals surface area contributed by atoms with Crippen LogP contribution in [0.5, 0.6) is 0 Å². The molecule has 1 rings (SSSR count). The van der Waals surface area contributed by atoms with E-state index in [0.29, 0.717) is 19.5 Å². The van der Waals surface area contributed by atoms with E-state index in [9.17, 15) is 4.79 Å². The highest BCUT2D eigenvalue weighted by molar-refractivity contribution is 5.68. The lowest BCUT2D eigenvalue weighted by atomic mass is 9.94. The van der Waals surface area contributed by atoms with E-state index in [4.69, 9.17) is 15.7 Å². The fraction of sp³-hybridized carbons (Fsp3) is 0.818. The Balaban J connectivity index is 2.52. The number of carbonyl (C=O) groups excluding carboxylic acids is 1. The zero-order valence-electron chi connectivity index (χ0n) is 10.1. The van der Waals surface area contributed by atoms with Gasteiger partial charge in [-0.25, -0.2) is 4.79 Å². The van der Waals surface area contributed by atoms with Crippen LogP contribution >= 0.6 is 0 Å². The minimum Gasteiger partial charge on any atom is -0.444 e. The van der Waals surface area contributed by atoms with E-state index in [-0.39, 0.29) is 18.1 Å². The third-order valence-electron chi connectivity index (χ3n) is 2.48. The Bertz CT molecular complexity index is 303. The highest BCUT2D eigenvalue weighted by Gasteiger charge is 2.31. The zero-order chi connectivity index (χ0) is 12.3. The Morgan fingerprint density at radius 1 is 1.56 bits per heavy atom. The molecule has 0 aliphatic carbocycles. The molecule has 1 saturated heterocycles. The summed E-state index contributed by atoms with van der Waals surface area (Å²) in [6.45, 7) is 6.42. The van der Waals surface area contributed by atoms with Crippen molar-refractivity contribution >= 4 is 6.09 Å². The molecular weight excluding hydrogens is 206 g/mol. The van der Waals surface area contributed by atoms with E-state index in [1.54, 1.807) is 4.90 Å². The minimum absolute atomic E-state index is 0.154. The maximum atomic E-state index is 11.7. The lowest BCUT2D eigenvalue weighted by molar-refractivity contribution is 0.0179. The van der Waals surface area contributed by atoms with Crippen molar-refractivity contribution in [3.8, 4) is 6.07 Å². The van der Waals surface area contributed by atoms with Crippen molar-refractivity contribution in [1.29, 1.82) is 5.26 Å². The molecule has 5 heteroatoms. The van der Waals surface area contributed by atoms with Crippen molar-refractivity contribution in [3.05, 3.63) is 0 Å². The Morgan fingerprint density at radius 2 is 2.19 bits per heavy atom. The van der Waals surface area contributed by atoms with Crippen molar-refractivity contribution in [2.45, 2.75) is 38.8 Å². The topological polar surface area (TPSA) is 79.3 Å². The first-order valence-electron chi connectivity index (χ1n) is 5.46. The summed E-state index contributed by atoms with van der Waals surface area (Å²) >= 11 is 0. The summed E-state index contributed by atoms with van der Waals surface area (Å²) in [4.78, 5) is 13.3. The summed E-state index contributed by atoms with van der Waals surface area (Å²) in [5.41, 5.74) is 5.32. The molecule has 1 aliphatic heterocycles. The van der Waals surface area contributed by atoms with Gasteiger partial charge in [-0.3, -0.25) is 0 Å². The Kier molecular flexibility index (Phi) is 3.76. The van der Waals surface area contributed by atoms with E-state index in [1.165, 1.54) is 0 Å². The van der Waals surface area contributed by atoms with Crippen molar-refractivity contribution in [2.75, 3.05) is 13.1 Å². The van der Waals surface area contributed by atoms with Crippen LogP contribution in [0.4, 0.5) is 4.79 Å². The van der Waals surface area contributed by atoms with Crippen LogP contribution in [0.25, 0.3) is 0 Å². The first-order valence-corrected chi connectivity index (χ1v) is 5.46. The second-order valence-electron chi connectivity index (χ2n) is 5.11. The number of ether oxygens (including phenoxy) is 1. The summed E-state index contributed by atoms with van der Waals surface area (Å²) in [7, 11) is 0. The monoisotopic (exact) mass is 225 g/mol. The number of nitrogens with two attached hydrogens (primary N) is 1. The van der Waals surface area contributed by atoms with Crippen molar-refractivity contribution in [1.82, 2.24) is 4.90 Å². The number of hydrogen-bond donors (Lipinski definition) is 1. The van der Waals surface area contributed by atoms with Crippen LogP contribution in [0.2, 0.25) is 0 Å². The molecule has 1 aliphatic rings. The number of likely N-dealkylation sites (tertiary alicyclic amines) is 1. The van der Waals surface area contributed by atoms with Crippen molar-refractivity contribution in [3.63, 3.8) is 0 Å². The van der Waals surface area contributed by atoms with Crippen LogP contribution in [-0.4, -0.2) is 35.7 Å². The van der Waals surface area contributed by atoms with Crippen LogP contribution in [0.15, 0.2) is 0 Å². The fourth-order valence-corrected chi connectivity index (χ4v) is 1.63. The lowest BCUT2D eigenvalue weighted by Crippen LogP contribution is -2.51. The highest BCUT2D eigenvalue weighted by atomic mass is 16.6. The predicted octanol–water partition coefficient (Wildman–Crippen LogP) is 1.09. The molecule has 0 aromatic heterocycles. The van der Waals surface area contributed by atoms with E-state index >= 15 is 0 Å². The normalized spacial score (nSPS) is 26.1. The number of nitrogens with zero attached hydrogens (tertiary/aromatic N) is 2. The van der Waals surface area contributed by atoms with E-state index in [0.717, 1.165) is 0 Å². The molecule has 5 nitrogen and oxygen atoms in total. The molecule has 2 atom stereocenters. The van der Waals surface area contributed by atoms with E-state index in [1.807, 2.05) is 20.8 Å². The molecule has 0 bridgehead atoms. The van der Waals surface area contributed by atoms with Gasteiger partial charge in [-0.15, -0.1) is 0 Å². The van der Waals surface area contributed by atoms with Gasteiger partial charge in [-0.2, -0.15) is 5.26 Å². The molecule has 0 aromatic rings. The third kappa shape index (κ3) is 3.38. The standard InChI is InChI=1S/C11H19N3O2/c1-11(2,3)16-10(15)14-5-4-8(6-12)9(13)7-14/h8-9H,4-5,7,13H2,1-3H3/t8-,9+/m1/s1. The van der Waals surface area contributed by atoms with Gasteiger partial charge in [-0.05, 0) is 27.2 Å². The van der Waals surface area contributed by atoms with Crippen LogP contribution in [0.1, 0.15) is 27.2 Å². The maximum Gasteiger partial charge on any atom is 0.410 e. The number of nitriles is 1. The predicted molar refractivity (Wildman–Crippen MR) is 59.5 cm³/mol. The summed E-state index contributed by atoms with van der Waals surface area (Å²) < 4.78 is 5.24. The van der Waals surface area contributed by atoms with Gasteiger partial charge >= 0.3 is 6.09 Å². The number of carbonyl (C=O) groups is 1. The fourth-order valence-electron chi connectivity index (χ4n) is 1.63. The molecule has 1 amide bonds. The molecule has 2 N–H and O–H groups in total. The second kappa shape index (κ2) is 4.71. The van der Waals surface area contributed by atoms with Crippen LogP contribution in [0, 0.1) is 17.2 Å². The zero-order valence-corrected chi connectivity index (χ0v) is 10.1.